The molecule has 0 fully saturated rings. The summed E-state index contributed by atoms with van der Waals surface area (Å²) in [5.74, 6) is 0. The first-order valence-electron chi connectivity index (χ1n) is 4.08. The van der Waals surface area contributed by atoms with E-state index < -0.39 is 13.3 Å². The molecule has 6 heteroatoms. The number of hydrogen-bond donors (Lipinski definition) is 2. The van der Waals surface area contributed by atoms with Gasteiger partial charge in [-0.1, -0.05) is 11.9 Å². The number of benzene rings is 1. The third-order valence-corrected chi connectivity index (χ3v) is 2.41. The zero-order valence-corrected chi connectivity index (χ0v) is 8.49. The maximum atomic E-state index is 12.1. The molecular weight excluding hydrogens is 210 g/mol. The molecule has 0 aliphatic rings. The molecule has 1 rings (SSSR count). The Labute approximate surface area is 86.0 Å². The van der Waals surface area contributed by atoms with Gasteiger partial charge in [-0.15, -0.1) is 12.6 Å². The van der Waals surface area contributed by atoms with Gasteiger partial charge in [0.15, 0.2) is 0 Å². The largest absolute Gasteiger partial charge is 0.482 e. The predicted molar refractivity (Wildman–Crippen MR) is 55.6 cm³/mol. The number of nitrogen functional groups attached to an aromatic ring is 1. The molecule has 0 saturated heterocycles. The maximum Gasteiger partial charge on any atom is 0.482 e. The second-order valence-electron chi connectivity index (χ2n) is 3.24. The Bertz CT molecular complexity index is 328. The molecule has 14 heavy (non-hydrogen) atoms. The summed E-state index contributed by atoms with van der Waals surface area (Å²) in [6, 6.07) is 2.76. The quantitative estimate of drug-likeness (QED) is 0.447. The highest BCUT2D eigenvalue weighted by molar-refractivity contribution is 7.80. The minimum Gasteiger partial charge on any atom is -0.449 e. The Balaban J connectivity index is 3.02. The molecule has 0 atom stereocenters. The summed E-state index contributed by atoms with van der Waals surface area (Å²) >= 11 is 4.05. The minimum absolute atomic E-state index is 0.172. The van der Waals surface area contributed by atoms with Gasteiger partial charge >= 0.3 is 6.98 Å². The molecule has 2 N–H and O–H groups in total. The van der Waals surface area contributed by atoms with Crippen molar-refractivity contribution in [2.45, 2.75) is 18.1 Å². The summed E-state index contributed by atoms with van der Waals surface area (Å²) in [5.41, 5.74) is 6.77. The molecule has 0 aliphatic heterocycles. The first-order valence-corrected chi connectivity index (χ1v) is 4.53. The van der Waals surface area contributed by atoms with Gasteiger partial charge in [-0.05, 0) is 24.6 Å². The Kier molecular flexibility index (Phi) is 3.04. The van der Waals surface area contributed by atoms with Gasteiger partial charge in [-0.3, -0.25) is 0 Å². The lowest BCUT2D eigenvalue weighted by Gasteiger charge is -2.15. The molecule has 1 aromatic carbocycles. The number of rotatable bonds is 2. The fourth-order valence-electron chi connectivity index (χ4n) is 1.17. The fraction of sp³-hybridized carbons (Fsp3) is 0.250. The Morgan fingerprint density at radius 3 is 2.36 bits per heavy atom. The summed E-state index contributed by atoms with van der Waals surface area (Å²) < 4.78 is 36.3. The van der Waals surface area contributed by atoms with E-state index in [4.69, 9.17) is 5.73 Å². The Morgan fingerprint density at radius 2 is 1.93 bits per heavy atom. The minimum atomic E-state index is -4.81. The molecule has 1 aromatic rings. The smallest absolute Gasteiger partial charge is 0.449 e. The van der Waals surface area contributed by atoms with E-state index in [-0.39, 0.29) is 5.56 Å². The lowest BCUT2D eigenvalue weighted by Crippen LogP contribution is -2.19. The lowest BCUT2D eigenvalue weighted by molar-refractivity contribution is 0.468. The van der Waals surface area contributed by atoms with Crippen LogP contribution in [0.25, 0.3) is 0 Å². The summed E-state index contributed by atoms with van der Waals surface area (Å²) in [4.78, 5) is 0.500. The van der Waals surface area contributed by atoms with E-state index in [0.29, 0.717) is 16.1 Å². The molecule has 0 amide bonds. The second-order valence-corrected chi connectivity index (χ2v) is 3.73. The van der Waals surface area contributed by atoms with Crippen molar-refractivity contribution >= 4 is 25.3 Å². The molecule has 0 bridgehead atoms. The van der Waals surface area contributed by atoms with Gasteiger partial charge in [0, 0.05) is 10.6 Å². The van der Waals surface area contributed by atoms with Crippen LogP contribution in [0.1, 0.15) is 11.1 Å². The normalized spacial score (nSPS) is 11.8. The highest BCUT2D eigenvalue weighted by Crippen LogP contribution is 2.25. The first kappa shape index (κ1) is 11.3. The summed E-state index contributed by atoms with van der Waals surface area (Å²) in [6.07, 6.45) is -0.905. The van der Waals surface area contributed by atoms with E-state index in [1.165, 1.54) is 12.1 Å². The van der Waals surface area contributed by atoms with Crippen molar-refractivity contribution in [3.05, 3.63) is 23.3 Å². The third kappa shape index (κ3) is 2.87. The molecule has 0 saturated carbocycles. The molecular formula is C8H10BF3NS-. The second kappa shape index (κ2) is 3.77. The van der Waals surface area contributed by atoms with Gasteiger partial charge in [-0.25, -0.2) is 0 Å². The topological polar surface area (TPSA) is 26.0 Å². The molecule has 0 aromatic heterocycles. The van der Waals surface area contributed by atoms with Crippen LogP contribution in [0.5, 0.6) is 0 Å². The van der Waals surface area contributed by atoms with Crippen LogP contribution >= 0.6 is 12.6 Å². The average Bonchev–Trinajstić information content (AvgIpc) is 1.96. The van der Waals surface area contributed by atoms with Gasteiger partial charge in [0.05, 0.1) is 0 Å². The van der Waals surface area contributed by atoms with Crippen molar-refractivity contribution in [1.29, 1.82) is 0 Å². The van der Waals surface area contributed by atoms with Crippen molar-refractivity contribution in [3.8, 4) is 0 Å². The van der Waals surface area contributed by atoms with E-state index in [1.807, 2.05) is 0 Å². The van der Waals surface area contributed by atoms with Gasteiger partial charge in [-0.2, -0.15) is 0 Å². The number of hydrogen-bond acceptors (Lipinski definition) is 2. The maximum absolute atomic E-state index is 12.1. The highest BCUT2D eigenvalue weighted by Gasteiger charge is 2.23. The van der Waals surface area contributed by atoms with Crippen molar-refractivity contribution in [2.75, 3.05) is 5.73 Å². The van der Waals surface area contributed by atoms with Gasteiger partial charge in [0.1, 0.15) is 0 Å². The molecule has 0 heterocycles. The third-order valence-electron chi connectivity index (χ3n) is 1.95. The molecule has 78 valence electrons. The number of thiol groups is 1. The Morgan fingerprint density at radius 1 is 1.36 bits per heavy atom. The number of nitrogens with two attached hydrogens (primary N) is 1. The van der Waals surface area contributed by atoms with E-state index >= 15 is 0 Å². The lowest BCUT2D eigenvalue weighted by atomic mass is 9.81. The van der Waals surface area contributed by atoms with E-state index in [2.05, 4.69) is 12.6 Å². The average molecular weight is 220 g/mol. The molecule has 1 nitrogen and oxygen atoms in total. The van der Waals surface area contributed by atoms with Crippen molar-refractivity contribution in [3.63, 3.8) is 0 Å². The molecule has 0 radical (unpaired) electrons. The standard InChI is InChI=1S/C8H10BF3NS/c1-5-7(13)2-6(3-8(5)14)4-9(10,11)12/h2-3,14H,4,13H2,1H3/q-1. The summed E-state index contributed by atoms with van der Waals surface area (Å²) in [6.45, 7) is -3.09. The molecule has 0 unspecified atom stereocenters. The zero-order valence-electron chi connectivity index (χ0n) is 7.60. The van der Waals surface area contributed by atoms with Gasteiger partial charge < -0.3 is 18.7 Å². The SMILES string of the molecule is Cc1c(N)cc(C[B-](F)(F)F)cc1S. The molecule has 0 spiro atoms. The van der Waals surface area contributed by atoms with Crippen LogP contribution in [0.3, 0.4) is 0 Å². The first-order chi connectivity index (χ1) is 6.29. The fourth-order valence-corrected chi connectivity index (χ4v) is 1.46. The summed E-state index contributed by atoms with van der Waals surface area (Å²) in [5, 5.41) is 0. The van der Waals surface area contributed by atoms with Crippen LogP contribution < -0.4 is 5.73 Å². The van der Waals surface area contributed by atoms with Crippen LogP contribution in [0.2, 0.25) is 0 Å². The number of anilines is 1. The summed E-state index contributed by atoms with van der Waals surface area (Å²) in [7, 11) is 0. The van der Waals surface area contributed by atoms with Crippen LogP contribution in [-0.4, -0.2) is 6.98 Å². The van der Waals surface area contributed by atoms with E-state index in [0.717, 1.165) is 0 Å². The van der Waals surface area contributed by atoms with Crippen LogP contribution in [-0.2, 0) is 6.32 Å². The predicted octanol–water partition coefficient (Wildman–Crippen LogP) is 2.80. The van der Waals surface area contributed by atoms with Crippen LogP contribution in [0.15, 0.2) is 17.0 Å². The zero-order chi connectivity index (χ0) is 10.9. The van der Waals surface area contributed by atoms with Crippen molar-refractivity contribution < 1.29 is 12.9 Å². The van der Waals surface area contributed by atoms with E-state index in [9.17, 15) is 12.9 Å². The Hall–Kier alpha value is -0.775. The monoisotopic (exact) mass is 220 g/mol. The van der Waals surface area contributed by atoms with Gasteiger partial charge in [0.25, 0.3) is 0 Å². The van der Waals surface area contributed by atoms with Crippen LogP contribution in [0.4, 0.5) is 18.6 Å². The van der Waals surface area contributed by atoms with Crippen molar-refractivity contribution in [1.82, 2.24) is 0 Å². The van der Waals surface area contributed by atoms with Crippen molar-refractivity contribution in [2.24, 2.45) is 0 Å². The van der Waals surface area contributed by atoms with E-state index in [1.54, 1.807) is 6.92 Å². The van der Waals surface area contributed by atoms with Gasteiger partial charge in [0.2, 0.25) is 0 Å². The highest BCUT2D eigenvalue weighted by atomic mass is 32.1. The number of halogens is 3. The molecule has 0 aliphatic carbocycles. The van der Waals surface area contributed by atoms with Crippen LogP contribution in [0, 0.1) is 6.92 Å².